The lowest BCUT2D eigenvalue weighted by Gasteiger charge is -2.41. The maximum atomic E-state index is 14.6. The van der Waals surface area contributed by atoms with Crippen molar-refractivity contribution in [1.29, 1.82) is 0 Å². The first-order valence-corrected chi connectivity index (χ1v) is 8.78. The Kier molecular flexibility index (Phi) is 3.32. The summed E-state index contributed by atoms with van der Waals surface area (Å²) < 4.78 is 30.4. The first-order valence-electron chi connectivity index (χ1n) is 8.78. The first kappa shape index (κ1) is 15.4. The van der Waals surface area contributed by atoms with Crippen LogP contribution < -0.4 is 4.90 Å². The van der Waals surface area contributed by atoms with Gasteiger partial charge < -0.3 is 19.3 Å². The first-order chi connectivity index (χ1) is 12.6. The van der Waals surface area contributed by atoms with E-state index in [9.17, 15) is 8.78 Å². The molecule has 0 amide bonds. The number of anilines is 1. The molecule has 3 aliphatic heterocycles. The predicted molar refractivity (Wildman–Crippen MR) is 94.5 cm³/mol. The van der Waals surface area contributed by atoms with E-state index in [1.54, 1.807) is 19.2 Å². The summed E-state index contributed by atoms with van der Waals surface area (Å²) in [6.07, 6.45) is 11.6. The molecule has 0 aliphatic carbocycles. The van der Waals surface area contributed by atoms with Gasteiger partial charge >= 0.3 is 0 Å². The number of hydrogen-bond acceptors (Lipinski definition) is 4. The molecule has 1 saturated heterocycles. The highest BCUT2D eigenvalue weighted by atomic mass is 19.1. The molecule has 7 heteroatoms. The minimum absolute atomic E-state index is 0.168. The van der Waals surface area contributed by atoms with E-state index in [1.807, 2.05) is 29.6 Å². The van der Waals surface area contributed by atoms with E-state index in [1.165, 1.54) is 5.70 Å². The van der Waals surface area contributed by atoms with Gasteiger partial charge in [-0.25, -0.2) is 13.8 Å². The van der Waals surface area contributed by atoms with E-state index in [-0.39, 0.29) is 6.29 Å². The highest BCUT2D eigenvalue weighted by Gasteiger charge is 2.40. The van der Waals surface area contributed by atoms with Crippen molar-refractivity contribution in [1.82, 2.24) is 19.4 Å². The SMILES string of the molecule is Cc1cc(N2C=C3CCCN3C2N2C=Cc3nccn3C2)c(F)cc1F. The van der Waals surface area contributed by atoms with Crippen LogP contribution in [0.2, 0.25) is 0 Å². The summed E-state index contributed by atoms with van der Waals surface area (Å²) in [5.41, 5.74) is 2.04. The van der Waals surface area contributed by atoms with E-state index in [4.69, 9.17) is 0 Å². The highest BCUT2D eigenvalue weighted by molar-refractivity contribution is 5.56. The Labute approximate surface area is 150 Å². The second-order valence-electron chi connectivity index (χ2n) is 6.95. The average molecular weight is 355 g/mol. The molecule has 5 nitrogen and oxygen atoms in total. The van der Waals surface area contributed by atoms with Crippen LogP contribution >= 0.6 is 0 Å². The lowest BCUT2D eigenvalue weighted by Crippen LogP contribution is -2.51. The maximum absolute atomic E-state index is 14.6. The van der Waals surface area contributed by atoms with E-state index in [2.05, 4.69) is 19.4 Å². The molecule has 26 heavy (non-hydrogen) atoms. The van der Waals surface area contributed by atoms with Crippen molar-refractivity contribution in [3.63, 3.8) is 0 Å². The largest absolute Gasteiger partial charge is 0.336 e. The molecule has 0 N–H and O–H groups in total. The fraction of sp³-hybridized carbons (Fsp3) is 0.316. The van der Waals surface area contributed by atoms with Gasteiger partial charge in [-0.05, 0) is 37.5 Å². The molecule has 2 aromatic rings. The minimum Gasteiger partial charge on any atom is -0.336 e. The summed E-state index contributed by atoms with van der Waals surface area (Å²) in [7, 11) is 0. The Morgan fingerprint density at radius 2 is 2.08 bits per heavy atom. The summed E-state index contributed by atoms with van der Waals surface area (Å²) in [5, 5.41) is 0. The van der Waals surface area contributed by atoms with Crippen molar-refractivity contribution in [2.75, 3.05) is 11.4 Å². The van der Waals surface area contributed by atoms with Gasteiger partial charge in [-0.3, -0.25) is 0 Å². The summed E-state index contributed by atoms with van der Waals surface area (Å²) in [6.45, 7) is 3.22. The Morgan fingerprint density at radius 1 is 1.19 bits per heavy atom. The molecule has 0 bridgehead atoms. The van der Waals surface area contributed by atoms with Gasteiger partial charge in [-0.1, -0.05) is 0 Å². The average Bonchev–Trinajstić information content (AvgIpc) is 3.32. The van der Waals surface area contributed by atoms with Crippen molar-refractivity contribution < 1.29 is 8.78 Å². The fourth-order valence-corrected chi connectivity index (χ4v) is 4.00. The third-order valence-corrected chi connectivity index (χ3v) is 5.30. The number of benzene rings is 1. The number of hydrogen-bond donors (Lipinski definition) is 0. The van der Waals surface area contributed by atoms with Crippen LogP contribution in [0, 0.1) is 18.6 Å². The van der Waals surface area contributed by atoms with E-state index < -0.39 is 11.6 Å². The Hall–Kier alpha value is -2.83. The van der Waals surface area contributed by atoms with Gasteiger partial charge in [0.05, 0.1) is 12.4 Å². The Balaban J connectivity index is 1.56. The van der Waals surface area contributed by atoms with Gasteiger partial charge in [0.2, 0.25) is 0 Å². The highest BCUT2D eigenvalue weighted by Crippen LogP contribution is 2.38. The molecular weight excluding hydrogens is 336 g/mol. The van der Waals surface area contributed by atoms with E-state index in [0.717, 1.165) is 31.3 Å². The molecule has 134 valence electrons. The van der Waals surface area contributed by atoms with Gasteiger partial charge in [0.15, 0.2) is 6.29 Å². The van der Waals surface area contributed by atoms with Crippen molar-refractivity contribution in [2.45, 2.75) is 32.7 Å². The lowest BCUT2D eigenvalue weighted by molar-refractivity contribution is 0.110. The van der Waals surface area contributed by atoms with E-state index in [0.29, 0.717) is 17.9 Å². The summed E-state index contributed by atoms with van der Waals surface area (Å²) >= 11 is 0. The standard InChI is InChI=1S/C19H19F2N5/c1-13-9-17(16(21)10-15(13)20)26-11-14-3-2-6-25(14)19(26)24-7-4-18-22-5-8-23(18)12-24/h4-5,7-11,19H,2-3,6,12H2,1H3. The van der Waals surface area contributed by atoms with E-state index >= 15 is 0 Å². The molecule has 3 aliphatic rings. The van der Waals surface area contributed by atoms with Crippen molar-refractivity contribution in [3.05, 3.63) is 65.6 Å². The van der Waals surface area contributed by atoms with Crippen LogP contribution in [0.5, 0.6) is 0 Å². The second kappa shape index (κ2) is 5.59. The number of aryl methyl sites for hydroxylation is 1. The van der Waals surface area contributed by atoms with Crippen LogP contribution in [0.1, 0.15) is 24.2 Å². The second-order valence-corrected chi connectivity index (χ2v) is 6.95. The molecule has 0 radical (unpaired) electrons. The number of rotatable bonds is 2. The molecule has 1 unspecified atom stereocenters. The summed E-state index contributed by atoms with van der Waals surface area (Å²) in [6, 6.07) is 2.57. The molecule has 1 aromatic carbocycles. The van der Waals surface area contributed by atoms with Gasteiger partial charge in [0.25, 0.3) is 0 Å². The number of halogens is 2. The maximum Gasteiger partial charge on any atom is 0.186 e. The number of aromatic nitrogens is 2. The number of fused-ring (bicyclic) bond motifs is 2. The molecule has 1 atom stereocenters. The number of imidazole rings is 1. The summed E-state index contributed by atoms with van der Waals surface area (Å²) in [5.74, 6) is -0.152. The quantitative estimate of drug-likeness (QED) is 0.825. The number of nitrogens with zero attached hydrogens (tertiary/aromatic N) is 5. The molecule has 5 rings (SSSR count). The van der Waals surface area contributed by atoms with Crippen LogP contribution in [-0.2, 0) is 6.67 Å². The zero-order chi connectivity index (χ0) is 17.8. The minimum atomic E-state index is -0.541. The van der Waals surface area contributed by atoms with Crippen molar-refractivity contribution in [2.24, 2.45) is 0 Å². The van der Waals surface area contributed by atoms with Gasteiger partial charge in [0, 0.05) is 43.1 Å². The third kappa shape index (κ3) is 2.23. The topological polar surface area (TPSA) is 27.5 Å². The van der Waals surface area contributed by atoms with Crippen molar-refractivity contribution in [3.8, 4) is 0 Å². The zero-order valence-electron chi connectivity index (χ0n) is 14.4. The van der Waals surface area contributed by atoms with Crippen LogP contribution in [0.3, 0.4) is 0 Å². The lowest BCUT2D eigenvalue weighted by atomic mass is 10.2. The normalized spacial score (nSPS) is 21.3. The molecule has 0 saturated carbocycles. The fourth-order valence-electron chi connectivity index (χ4n) is 4.00. The molecule has 4 heterocycles. The van der Waals surface area contributed by atoms with Crippen LogP contribution in [0.15, 0.2) is 42.6 Å². The summed E-state index contributed by atoms with van der Waals surface area (Å²) in [4.78, 5) is 10.7. The predicted octanol–water partition coefficient (Wildman–Crippen LogP) is 3.45. The Bertz CT molecular complexity index is 932. The van der Waals surface area contributed by atoms with Gasteiger partial charge in [0.1, 0.15) is 17.5 Å². The smallest absolute Gasteiger partial charge is 0.186 e. The monoisotopic (exact) mass is 355 g/mol. The van der Waals surface area contributed by atoms with Crippen LogP contribution in [-0.4, -0.2) is 32.2 Å². The zero-order valence-corrected chi connectivity index (χ0v) is 14.4. The molecule has 0 spiro atoms. The van der Waals surface area contributed by atoms with Crippen LogP contribution in [0.25, 0.3) is 6.08 Å². The van der Waals surface area contributed by atoms with Crippen molar-refractivity contribution >= 4 is 11.8 Å². The molecular formula is C19H19F2N5. The number of allylic oxidation sites excluding steroid dienone is 1. The molecule has 1 fully saturated rings. The molecule has 1 aromatic heterocycles. The Morgan fingerprint density at radius 3 is 2.96 bits per heavy atom. The third-order valence-electron chi connectivity index (χ3n) is 5.30. The van der Waals surface area contributed by atoms with Gasteiger partial charge in [-0.2, -0.15) is 0 Å². The van der Waals surface area contributed by atoms with Crippen LogP contribution in [0.4, 0.5) is 14.5 Å². The van der Waals surface area contributed by atoms with Gasteiger partial charge in [-0.15, -0.1) is 0 Å².